The molecule has 1 aromatic heterocycles. The van der Waals surface area contributed by atoms with E-state index in [1.165, 1.54) is 0 Å². The lowest BCUT2D eigenvalue weighted by atomic mass is 9.97. The Morgan fingerprint density at radius 1 is 0.615 bits per heavy atom. The largest absolute Gasteiger partial charge is 0.340 e. The lowest BCUT2D eigenvalue weighted by Crippen LogP contribution is -2.27. The van der Waals surface area contributed by atoms with Crippen LogP contribution >= 0.6 is 0 Å². The van der Waals surface area contributed by atoms with Gasteiger partial charge in [0.2, 0.25) is 0 Å². The summed E-state index contributed by atoms with van der Waals surface area (Å²) in [7, 11) is 0. The maximum absolute atomic E-state index is 15.5. The van der Waals surface area contributed by atoms with E-state index in [9.17, 15) is 0 Å². The van der Waals surface area contributed by atoms with Crippen LogP contribution in [0.25, 0.3) is 28.0 Å². The van der Waals surface area contributed by atoms with E-state index in [4.69, 9.17) is 4.99 Å². The molecule has 0 spiro atoms. The second kappa shape index (κ2) is 9.14. The van der Waals surface area contributed by atoms with Gasteiger partial charge in [-0.05, 0) is 63.7 Å². The van der Waals surface area contributed by atoms with E-state index >= 15 is 8.78 Å². The zero-order chi connectivity index (χ0) is 26.4. The van der Waals surface area contributed by atoms with Gasteiger partial charge < -0.3 is 5.32 Å². The molecule has 2 heterocycles. The van der Waals surface area contributed by atoms with E-state index < -0.39 is 5.92 Å². The molecule has 39 heavy (non-hydrogen) atoms. The van der Waals surface area contributed by atoms with Crippen LogP contribution in [0.1, 0.15) is 33.9 Å². The highest BCUT2D eigenvalue weighted by atomic mass is 19.3. The first-order valence-electron chi connectivity index (χ1n) is 12.8. The Kier molecular flexibility index (Phi) is 5.44. The van der Waals surface area contributed by atoms with E-state index in [1.807, 2.05) is 72.8 Å². The van der Waals surface area contributed by atoms with Gasteiger partial charge in [0, 0.05) is 34.8 Å². The average molecular weight is 512 g/mol. The van der Waals surface area contributed by atoms with E-state index in [1.54, 1.807) is 36.7 Å². The van der Waals surface area contributed by atoms with Crippen molar-refractivity contribution in [3.63, 3.8) is 0 Å². The Morgan fingerprint density at radius 2 is 1.23 bits per heavy atom. The van der Waals surface area contributed by atoms with Crippen molar-refractivity contribution in [1.29, 1.82) is 0 Å². The van der Waals surface area contributed by atoms with Crippen LogP contribution in [0, 0.1) is 0 Å². The summed E-state index contributed by atoms with van der Waals surface area (Å²) < 4.78 is 31.1. The monoisotopic (exact) mass is 511 g/mol. The second-order valence-electron chi connectivity index (χ2n) is 9.74. The predicted octanol–water partition coefficient (Wildman–Crippen LogP) is 8.00. The van der Waals surface area contributed by atoms with E-state index in [0.29, 0.717) is 17.0 Å². The molecular weight excluding hydrogens is 488 g/mol. The fourth-order valence-corrected chi connectivity index (χ4v) is 5.39. The standard InChI is InChI=1S/C34H23F2N3/c35-34(36)29-13-11-25(22-15-17-37-18-16-22)19-27(29)28-20-26(12-14-30(28)34)33-38-31(23-7-3-1-4-8-23)21-32(39-33)24-9-5-2-6-10-24/h1-21,31H,(H,38,39). The first-order chi connectivity index (χ1) is 19.1. The normalized spacial score (nSPS) is 16.9. The zero-order valence-corrected chi connectivity index (χ0v) is 20.9. The van der Waals surface area contributed by atoms with Gasteiger partial charge in [0.15, 0.2) is 0 Å². The van der Waals surface area contributed by atoms with Crippen LogP contribution in [-0.4, -0.2) is 10.8 Å². The molecule has 0 amide bonds. The molecule has 5 heteroatoms. The number of hydrogen-bond acceptors (Lipinski definition) is 3. The minimum Gasteiger partial charge on any atom is -0.340 e. The van der Waals surface area contributed by atoms with Crippen molar-refractivity contribution in [1.82, 2.24) is 10.3 Å². The van der Waals surface area contributed by atoms with Gasteiger partial charge in [0.1, 0.15) is 5.84 Å². The number of hydrogen-bond donors (Lipinski definition) is 1. The molecule has 7 rings (SSSR count). The summed E-state index contributed by atoms with van der Waals surface area (Å²) in [4.78, 5) is 9.09. The van der Waals surface area contributed by atoms with Crippen LogP contribution in [0.2, 0.25) is 0 Å². The second-order valence-corrected chi connectivity index (χ2v) is 9.74. The molecule has 0 fully saturated rings. The van der Waals surface area contributed by atoms with Crippen molar-refractivity contribution in [3.05, 3.63) is 155 Å². The van der Waals surface area contributed by atoms with Gasteiger partial charge in [-0.25, -0.2) is 0 Å². The molecule has 1 aliphatic carbocycles. The molecule has 4 aromatic carbocycles. The minimum atomic E-state index is -3.07. The molecule has 1 N–H and O–H groups in total. The number of aromatic nitrogens is 1. The van der Waals surface area contributed by atoms with Gasteiger partial charge in [0.25, 0.3) is 5.92 Å². The predicted molar refractivity (Wildman–Crippen MR) is 151 cm³/mol. The number of fused-ring (bicyclic) bond motifs is 3. The summed E-state index contributed by atoms with van der Waals surface area (Å²) in [6.45, 7) is 0. The molecule has 0 saturated carbocycles. The molecule has 3 nitrogen and oxygen atoms in total. The van der Waals surface area contributed by atoms with Crippen LogP contribution < -0.4 is 5.32 Å². The van der Waals surface area contributed by atoms with E-state index in [2.05, 4.69) is 28.5 Å². The summed E-state index contributed by atoms with van der Waals surface area (Å²) in [6, 6.07) is 34.0. The number of rotatable bonds is 4. The van der Waals surface area contributed by atoms with Gasteiger partial charge in [0.05, 0.1) is 6.04 Å². The third-order valence-electron chi connectivity index (χ3n) is 7.36. The molecule has 1 unspecified atom stereocenters. The Labute approximate surface area is 225 Å². The number of alkyl halides is 2. The van der Waals surface area contributed by atoms with Crippen LogP contribution in [0.3, 0.4) is 0 Å². The van der Waals surface area contributed by atoms with Crippen molar-refractivity contribution in [2.45, 2.75) is 12.0 Å². The van der Waals surface area contributed by atoms with E-state index in [-0.39, 0.29) is 17.2 Å². The van der Waals surface area contributed by atoms with Gasteiger partial charge in [-0.1, -0.05) is 84.9 Å². The first kappa shape index (κ1) is 23.2. The number of pyridine rings is 1. The third kappa shape index (κ3) is 4.03. The summed E-state index contributed by atoms with van der Waals surface area (Å²) in [5.74, 6) is -2.42. The smallest absolute Gasteiger partial charge is 0.299 e. The lowest BCUT2D eigenvalue weighted by Gasteiger charge is -2.23. The highest BCUT2D eigenvalue weighted by Gasteiger charge is 2.44. The van der Waals surface area contributed by atoms with Crippen molar-refractivity contribution < 1.29 is 8.78 Å². The van der Waals surface area contributed by atoms with Crippen molar-refractivity contribution >= 4 is 11.5 Å². The van der Waals surface area contributed by atoms with Crippen molar-refractivity contribution in [2.24, 2.45) is 4.99 Å². The fraction of sp³-hybridized carbons (Fsp3) is 0.0588. The maximum Gasteiger partial charge on any atom is 0.299 e. The Bertz CT molecular complexity index is 1740. The topological polar surface area (TPSA) is 37.3 Å². The molecule has 1 atom stereocenters. The number of halogens is 2. The van der Waals surface area contributed by atoms with Gasteiger partial charge in [-0.2, -0.15) is 8.78 Å². The van der Waals surface area contributed by atoms with Gasteiger partial charge >= 0.3 is 0 Å². The zero-order valence-electron chi connectivity index (χ0n) is 20.9. The number of amidine groups is 1. The SMILES string of the molecule is FC1(F)c2ccc(C3=NC(c4ccccc4)C=C(c4ccccc4)N3)cc2-c2cc(-c3ccncc3)ccc21. The number of nitrogens with zero attached hydrogens (tertiary/aromatic N) is 2. The molecule has 1 aliphatic heterocycles. The summed E-state index contributed by atoms with van der Waals surface area (Å²) in [6.07, 6.45) is 5.51. The molecule has 2 aliphatic rings. The van der Waals surface area contributed by atoms with Crippen LogP contribution in [-0.2, 0) is 5.92 Å². The van der Waals surface area contributed by atoms with Gasteiger partial charge in [-0.15, -0.1) is 0 Å². The maximum atomic E-state index is 15.5. The first-order valence-corrected chi connectivity index (χ1v) is 12.8. The molecule has 188 valence electrons. The van der Waals surface area contributed by atoms with E-state index in [0.717, 1.165) is 33.5 Å². The highest BCUT2D eigenvalue weighted by molar-refractivity contribution is 6.06. The van der Waals surface area contributed by atoms with Crippen LogP contribution in [0.5, 0.6) is 0 Å². The minimum absolute atomic E-state index is 0.0166. The number of nitrogens with one attached hydrogen (secondary N) is 1. The summed E-state index contributed by atoms with van der Waals surface area (Å²) in [5, 5.41) is 3.48. The number of benzene rings is 4. The molecule has 5 aromatic rings. The lowest BCUT2D eigenvalue weighted by molar-refractivity contribution is 0.0480. The Morgan fingerprint density at radius 3 is 1.92 bits per heavy atom. The molecule has 0 radical (unpaired) electrons. The molecular formula is C34H23F2N3. The quantitative estimate of drug-likeness (QED) is 0.265. The Hall–Kier alpha value is -4.90. The Balaban J connectivity index is 1.34. The molecule has 0 saturated heterocycles. The fourth-order valence-electron chi connectivity index (χ4n) is 5.39. The van der Waals surface area contributed by atoms with Crippen LogP contribution in [0.15, 0.2) is 133 Å². The van der Waals surface area contributed by atoms with Crippen molar-refractivity contribution in [3.8, 4) is 22.3 Å². The number of aliphatic imine (C=N–C) groups is 1. The van der Waals surface area contributed by atoms with Gasteiger partial charge in [-0.3, -0.25) is 9.98 Å². The highest BCUT2D eigenvalue weighted by Crippen LogP contribution is 2.52. The third-order valence-corrected chi connectivity index (χ3v) is 7.36. The molecule has 0 bridgehead atoms. The van der Waals surface area contributed by atoms with Crippen molar-refractivity contribution in [2.75, 3.05) is 0 Å². The van der Waals surface area contributed by atoms with Crippen LogP contribution in [0.4, 0.5) is 8.78 Å². The summed E-state index contributed by atoms with van der Waals surface area (Å²) in [5.41, 5.74) is 6.70. The summed E-state index contributed by atoms with van der Waals surface area (Å²) >= 11 is 0. The average Bonchev–Trinajstić information content (AvgIpc) is 3.23.